The molecule has 0 amide bonds. The lowest BCUT2D eigenvalue weighted by atomic mass is 10.2. The molecule has 0 N–H and O–H groups in total. The minimum Gasteiger partial charge on any atom is -0.347 e. The van der Waals surface area contributed by atoms with Crippen molar-refractivity contribution in [2.75, 3.05) is 32.1 Å². The highest BCUT2D eigenvalue weighted by atomic mass is 79.9. The normalized spacial score (nSPS) is 12.5. The number of hydrogen-bond acceptors (Lipinski definition) is 5. The Hall–Kier alpha value is -1.21. The highest BCUT2D eigenvalue weighted by molar-refractivity contribution is 9.10. The van der Waals surface area contributed by atoms with E-state index in [9.17, 15) is 10.1 Å². The van der Waals surface area contributed by atoms with Crippen molar-refractivity contribution >= 4 is 27.4 Å². The van der Waals surface area contributed by atoms with E-state index in [0.717, 1.165) is 6.54 Å². The fourth-order valence-electron chi connectivity index (χ4n) is 2.07. The van der Waals surface area contributed by atoms with E-state index in [2.05, 4.69) is 25.8 Å². The van der Waals surface area contributed by atoms with Gasteiger partial charge in [-0.2, -0.15) is 0 Å². The minimum absolute atomic E-state index is 0.0295. The van der Waals surface area contributed by atoms with Gasteiger partial charge < -0.3 is 9.80 Å². The molecule has 0 fully saturated rings. The number of nitro groups is 1. The second kappa shape index (κ2) is 6.81. The average Bonchev–Trinajstić information content (AvgIpc) is 2.30. The monoisotopic (exact) mass is 330 g/mol. The zero-order chi connectivity index (χ0) is 14.6. The van der Waals surface area contributed by atoms with Crippen LogP contribution in [-0.2, 0) is 0 Å². The molecule has 19 heavy (non-hydrogen) atoms. The van der Waals surface area contributed by atoms with Gasteiger partial charge in [-0.1, -0.05) is 0 Å². The van der Waals surface area contributed by atoms with E-state index in [1.165, 1.54) is 6.07 Å². The lowest BCUT2D eigenvalue weighted by Gasteiger charge is -2.30. The van der Waals surface area contributed by atoms with E-state index in [0.29, 0.717) is 16.8 Å². The number of hydrogen-bond donors (Lipinski definition) is 0. The van der Waals surface area contributed by atoms with Crippen molar-refractivity contribution in [1.82, 2.24) is 9.88 Å². The molecule has 7 heteroatoms. The average molecular weight is 331 g/mol. The third-order valence-corrected chi connectivity index (χ3v) is 3.22. The summed E-state index contributed by atoms with van der Waals surface area (Å²) >= 11 is 3.22. The van der Waals surface area contributed by atoms with E-state index in [4.69, 9.17) is 0 Å². The van der Waals surface area contributed by atoms with Crippen LogP contribution in [0.5, 0.6) is 0 Å². The van der Waals surface area contributed by atoms with E-state index in [1.54, 1.807) is 6.20 Å². The van der Waals surface area contributed by atoms with E-state index in [-0.39, 0.29) is 11.7 Å². The highest BCUT2D eigenvalue weighted by Crippen LogP contribution is 2.29. The molecule has 0 aromatic carbocycles. The summed E-state index contributed by atoms with van der Waals surface area (Å²) in [5, 5.41) is 11.1. The Morgan fingerprint density at radius 1 is 1.53 bits per heavy atom. The van der Waals surface area contributed by atoms with E-state index < -0.39 is 4.92 Å². The molecule has 0 aliphatic carbocycles. The molecule has 0 bridgehead atoms. The van der Waals surface area contributed by atoms with Crippen molar-refractivity contribution in [2.24, 2.45) is 0 Å². The zero-order valence-electron chi connectivity index (χ0n) is 11.6. The topological polar surface area (TPSA) is 62.5 Å². The molecule has 0 saturated heterocycles. The number of anilines is 1. The second-order valence-corrected chi connectivity index (χ2v) is 5.57. The van der Waals surface area contributed by atoms with Gasteiger partial charge in [0.2, 0.25) is 5.82 Å². The number of aromatic nitrogens is 1. The van der Waals surface area contributed by atoms with E-state index in [1.807, 2.05) is 32.8 Å². The van der Waals surface area contributed by atoms with Gasteiger partial charge in [0.05, 0.1) is 4.92 Å². The Labute approximate surface area is 121 Å². The number of rotatable bonds is 6. The van der Waals surface area contributed by atoms with Gasteiger partial charge in [0.25, 0.3) is 0 Å². The van der Waals surface area contributed by atoms with Gasteiger partial charge in [-0.3, -0.25) is 10.1 Å². The summed E-state index contributed by atoms with van der Waals surface area (Å²) < 4.78 is 0.610. The van der Waals surface area contributed by atoms with Crippen molar-refractivity contribution in [3.05, 3.63) is 26.9 Å². The first-order chi connectivity index (χ1) is 8.86. The first-order valence-electron chi connectivity index (χ1n) is 6.08. The number of pyridine rings is 1. The summed E-state index contributed by atoms with van der Waals surface area (Å²) in [4.78, 5) is 19.0. The molecule has 1 atom stereocenters. The lowest BCUT2D eigenvalue weighted by molar-refractivity contribution is -0.384. The minimum atomic E-state index is -0.391. The third-order valence-electron chi connectivity index (χ3n) is 2.78. The van der Waals surface area contributed by atoms with Crippen LogP contribution in [0.25, 0.3) is 0 Å². The summed E-state index contributed by atoms with van der Waals surface area (Å²) in [6.07, 6.45) is 1.59. The summed E-state index contributed by atoms with van der Waals surface area (Å²) in [5.74, 6) is 0.421. The Morgan fingerprint density at radius 2 is 2.16 bits per heavy atom. The van der Waals surface area contributed by atoms with Crippen LogP contribution in [0, 0.1) is 10.1 Å². The summed E-state index contributed by atoms with van der Waals surface area (Å²) in [6, 6.07) is 1.64. The lowest BCUT2D eigenvalue weighted by Crippen LogP contribution is -2.40. The smallest absolute Gasteiger partial charge is 0.312 e. The van der Waals surface area contributed by atoms with Crippen molar-refractivity contribution in [1.29, 1.82) is 0 Å². The first kappa shape index (κ1) is 15.8. The molecular formula is C12H19BrN4O2. The Bertz CT molecular complexity index is 453. The standard InChI is InChI=1S/C12H19BrN4O2/c1-5-16(9(2)8-15(3)4)12-11(17(18)19)6-10(13)7-14-12/h6-7,9H,5,8H2,1-4H3. The second-order valence-electron chi connectivity index (χ2n) is 4.65. The summed E-state index contributed by atoms with van der Waals surface area (Å²) in [7, 11) is 3.96. The van der Waals surface area contributed by atoms with Crippen LogP contribution in [0.2, 0.25) is 0 Å². The van der Waals surface area contributed by atoms with Crippen LogP contribution in [0.3, 0.4) is 0 Å². The molecule has 0 aliphatic rings. The quantitative estimate of drug-likeness (QED) is 0.592. The van der Waals surface area contributed by atoms with Gasteiger partial charge in [0.1, 0.15) is 0 Å². The van der Waals surface area contributed by atoms with Crippen LogP contribution in [0.15, 0.2) is 16.7 Å². The van der Waals surface area contributed by atoms with Gasteiger partial charge in [0, 0.05) is 35.9 Å². The molecule has 106 valence electrons. The molecule has 0 spiro atoms. The van der Waals surface area contributed by atoms with E-state index >= 15 is 0 Å². The molecule has 6 nitrogen and oxygen atoms in total. The SMILES string of the molecule is CCN(c1ncc(Br)cc1[N+](=O)[O-])C(C)CN(C)C. The zero-order valence-corrected chi connectivity index (χ0v) is 13.2. The molecule has 1 heterocycles. The molecule has 1 unspecified atom stereocenters. The fraction of sp³-hybridized carbons (Fsp3) is 0.583. The molecule has 0 aliphatic heterocycles. The number of likely N-dealkylation sites (N-methyl/N-ethyl adjacent to an activating group) is 2. The van der Waals surface area contributed by atoms with Crippen molar-refractivity contribution in [2.45, 2.75) is 19.9 Å². The van der Waals surface area contributed by atoms with Crippen LogP contribution < -0.4 is 4.90 Å². The highest BCUT2D eigenvalue weighted by Gasteiger charge is 2.24. The van der Waals surface area contributed by atoms with Crippen LogP contribution in [-0.4, -0.2) is 48.0 Å². The van der Waals surface area contributed by atoms with Crippen molar-refractivity contribution in [3.63, 3.8) is 0 Å². The molecule has 1 aromatic heterocycles. The van der Waals surface area contributed by atoms with Crippen LogP contribution >= 0.6 is 15.9 Å². The summed E-state index contributed by atoms with van der Waals surface area (Å²) in [6.45, 7) is 5.49. The Kier molecular flexibility index (Phi) is 5.68. The summed E-state index contributed by atoms with van der Waals surface area (Å²) in [5.41, 5.74) is 0.0295. The number of halogens is 1. The third kappa shape index (κ3) is 4.14. The first-order valence-corrected chi connectivity index (χ1v) is 6.87. The molecular weight excluding hydrogens is 312 g/mol. The maximum atomic E-state index is 11.1. The Morgan fingerprint density at radius 3 is 2.63 bits per heavy atom. The van der Waals surface area contributed by atoms with Crippen molar-refractivity contribution in [3.8, 4) is 0 Å². The predicted molar refractivity (Wildman–Crippen MR) is 79.6 cm³/mol. The van der Waals surface area contributed by atoms with Gasteiger partial charge in [-0.15, -0.1) is 0 Å². The predicted octanol–water partition coefficient (Wildman–Crippen LogP) is 2.53. The van der Waals surface area contributed by atoms with Crippen molar-refractivity contribution < 1.29 is 4.92 Å². The van der Waals surface area contributed by atoms with Gasteiger partial charge in [0.15, 0.2) is 0 Å². The van der Waals surface area contributed by atoms with Crippen LogP contribution in [0.1, 0.15) is 13.8 Å². The van der Waals surface area contributed by atoms with Gasteiger partial charge in [-0.05, 0) is 43.9 Å². The molecule has 0 saturated carbocycles. The fourth-order valence-corrected chi connectivity index (χ4v) is 2.39. The number of nitrogens with zero attached hydrogens (tertiary/aromatic N) is 4. The maximum Gasteiger partial charge on any atom is 0.312 e. The molecule has 1 aromatic rings. The van der Waals surface area contributed by atoms with Gasteiger partial charge in [-0.25, -0.2) is 4.98 Å². The van der Waals surface area contributed by atoms with Crippen LogP contribution in [0.4, 0.5) is 11.5 Å². The molecule has 0 radical (unpaired) electrons. The molecule has 1 rings (SSSR count). The maximum absolute atomic E-state index is 11.1. The van der Waals surface area contributed by atoms with Gasteiger partial charge >= 0.3 is 5.69 Å². The Balaban J connectivity index is 3.14. The largest absolute Gasteiger partial charge is 0.347 e.